The highest BCUT2D eigenvalue weighted by Gasteiger charge is 2.63. The number of allylic oxidation sites excluding steroid dienone is 2. The highest BCUT2D eigenvalue weighted by molar-refractivity contribution is 5.61. The fourth-order valence-electron chi connectivity index (χ4n) is 8.26. The molecule has 0 radical (unpaired) electrons. The van der Waals surface area contributed by atoms with Crippen LogP contribution >= 0.6 is 0 Å². The van der Waals surface area contributed by atoms with Crippen LogP contribution < -0.4 is 5.32 Å². The Morgan fingerprint density at radius 1 is 1.12 bits per heavy atom. The Balaban J connectivity index is 0.871. The van der Waals surface area contributed by atoms with Crippen molar-refractivity contribution in [3.8, 4) is 11.3 Å². The highest BCUT2D eigenvalue weighted by Crippen LogP contribution is 2.70. The Morgan fingerprint density at radius 3 is 2.67 bits per heavy atom. The van der Waals surface area contributed by atoms with Crippen LogP contribution in [0.1, 0.15) is 50.6 Å². The van der Waals surface area contributed by atoms with E-state index in [1.165, 1.54) is 64.6 Å². The molecule has 0 aromatic carbocycles. The van der Waals surface area contributed by atoms with Gasteiger partial charge in [0, 0.05) is 31.9 Å². The van der Waals surface area contributed by atoms with Gasteiger partial charge in [-0.05, 0) is 106 Å². The number of anilines is 1. The van der Waals surface area contributed by atoms with E-state index >= 15 is 0 Å². The number of nitrogens with zero attached hydrogens (tertiary/aromatic N) is 5. The SMILES string of the molecule is Cc1nn(C)cc1-c1ccc(NCC2CC3(CCN(CC45CC=C6CC(C4)C65)CC3)C2)nn1. The van der Waals surface area contributed by atoms with Gasteiger partial charge in [-0.1, -0.05) is 11.6 Å². The monoisotopic (exact) mass is 444 g/mol. The van der Waals surface area contributed by atoms with Crippen LogP contribution in [0.15, 0.2) is 30.0 Å². The van der Waals surface area contributed by atoms with Crippen molar-refractivity contribution in [1.29, 1.82) is 0 Å². The maximum atomic E-state index is 4.43. The molecule has 1 N–H and O–H groups in total. The zero-order valence-electron chi connectivity index (χ0n) is 20.1. The van der Waals surface area contributed by atoms with E-state index in [-0.39, 0.29) is 0 Å². The van der Waals surface area contributed by atoms with Gasteiger partial charge in [0.05, 0.1) is 11.4 Å². The van der Waals surface area contributed by atoms with Gasteiger partial charge in [0.1, 0.15) is 5.82 Å². The molecule has 0 bridgehead atoms. The first-order valence-electron chi connectivity index (χ1n) is 13.0. The Labute approximate surface area is 196 Å². The molecular weight excluding hydrogens is 408 g/mol. The maximum absolute atomic E-state index is 4.43. The van der Waals surface area contributed by atoms with Crippen LogP contribution in [0.2, 0.25) is 0 Å². The fraction of sp³-hybridized carbons (Fsp3) is 0.667. The van der Waals surface area contributed by atoms with Gasteiger partial charge in [0.25, 0.3) is 0 Å². The fourth-order valence-corrected chi connectivity index (χ4v) is 8.26. The van der Waals surface area contributed by atoms with Crippen molar-refractivity contribution in [2.45, 2.75) is 51.9 Å². The van der Waals surface area contributed by atoms with E-state index in [0.717, 1.165) is 47.1 Å². The standard InChI is InChI=1S/C27H36N6/c1-18-22(16-32(2)31-18)23-3-4-24(30-29-23)28-15-19-12-26(13-19)7-9-33(10-8-26)17-27-6-5-20-11-21(14-27)25(20)27/h3-5,16,19,21,25H,6-15,17H2,1-2H3,(H,28,30). The zero-order chi connectivity index (χ0) is 22.2. The van der Waals surface area contributed by atoms with E-state index in [4.69, 9.17) is 0 Å². The van der Waals surface area contributed by atoms with Crippen LogP contribution in [0.5, 0.6) is 0 Å². The molecule has 1 saturated heterocycles. The molecule has 0 amide bonds. The van der Waals surface area contributed by atoms with Crippen LogP contribution in [-0.2, 0) is 7.05 Å². The van der Waals surface area contributed by atoms with Gasteiger partial charge in [-0.25, -0.2) is 0 Å². The lowest BCUT2D eigenvalue weighted by molar-refractivity contribution is -0.0866. The van der Waals surface area contributed by atoms with Gasteiger partial charge < -0.3 is 10.2 Å². The average Bonchev–Trinajstić information content (AvgIpc) is 3.11. The molecule has 4 fully saturated rings. The van der Waals surface area contributed by atoms with Crippen LogP contribution in [0.25, 0.3) is 11.3 Å². The van der Waals surface area contributed by atoms with E-state index < -0.39 is 0 Å². The molecule has 1 aliphatic heterocycles. The van der Waals surface area contributed by atoms with Crippen molar-refractivity contribution in [3.05, 3.63) is 35.7 Å². The van der Waals surface area contributed by atoms with E-state index in [1.807, 2.05) is 36.5 Å². The molecule has 3 saturated carbocycles. The second-order valence-electron chi connectivity index (χ2n) is 12.0. The van der Waals surface area contributed by atoms with Crippen LogP contribution in [0.4, 0.5) is 5.82 Å². The summed E-state index contributed by atoms with van der Waals surface area (Å²) in [6.45, 7) is 7.07. The summed E-state index contributed by atoms with van der Waals surface area (Å²) in [6.07, 6.45) is 14.5. The molecule has 174 valence electrons. The average molecular weight is 445 g/mol. The molecule has 1 spiro atoms. The number of aromatic nitrogens is 4. The number of nitrogens with one attached hydrogen (secondary N) is 1. The third-order valence-electron chi connectivity index (χ3n) is 9.89. The minimum absolute atomic E-state index is 0.631. The lowest BCUT2D eigenvalue weighted by Crippen LogP contribution is -2.58. The molecule has 2 aromatic heterocycles. The van der Waals surface area contributed by atoms with Gasteiger partial charge in [-0.3, -0.25) is 4.68 Å². The Morgan fingerprint density at radius 2 is 1.97 bits per heavy atom. The molecule has 33 heavy (non-hydrogen) atoms. The van der Waals surface area contributed by atoms with Crippen LogP contribution in [0.3, 0.4) is 0 Å². The van der Waals surface area contributed by atoms with Crippen molar-refractivity contribution < 1.29 is 0 Å². The first-order chi connectivity index (χ1) is 16.0. The van der Waals surface area contributed by atoms with Gasteiger partial charge in [0.2, 0.25) is 0 Å². The van der Waals surface area contributed by atoms with E-state index in [0.29, 0.717) is 10.8 Å². The lowest BCUT2D eigenvalue weighted by Gasteiger charge is -2.62. The van der Waals surface area contributed by atoms with Crippen LogP contribution in [-0.4, -0.2) is 51.1 Å². The molecule has 5 aliphatic rings. The summed E-state index contributed by atoms with van der Waals surface area (Å²) in [5.41, 5.74) is 6.05. The quantitative estimate of drug-likeness (QED) is 0.667. The third-order valence-corrected chi connectivity index (χ3v) is 9.89. The first-order valence-corrected chi connectivity index (χ1v) is 13.0. The Hall–Kier alpha value is -2.21. The minimum Gasteiger partial charge on any atom is -0.368 e. The molecule has 3 unspecified atom stereocenters. The molecule has 6 heteroatoms. The van der Waals surface area contributed by atoms with Crippen LogP contribution in [0, 0.1) is 35.5 Å². The molecule has 6 nitrogen and oxygen atoms in total. The maximum Gasteiger partial charge on any atom is 0.148 e. The van der Waals surface area contributed by atoms with Gasteiger partial charge >= 0.3 is 0 Å². The van der Waals surface area contributed by atoms with Crippen molar-refractivity contribution in [1.82, 2.24) is 24.9 Å². The number of rotatable bonds is 6. The summed E-state index contributed by atoms with van der Waals surface area (Å²) in [7, 11) is 1.94. The number of piperidine rings is 1. The highest BCUT2D eigenvalue weighted by atomic mass is 15.3. The van der Waals surface area contributed by atoms with Crippen molar-refractivity contribution >= 4 is 5.82 Å². The molecule has 7 rings (SSSR count). The number of hydrogen-bond acceptors (Lipinski definition) is 5. The first kappa shape index (κ1) is 20.2. The molecule has 3 atom stereocenters. The summed E-state index contributed by atoms with van der Waals surface area (Å²) in [5, 5.41) is 16.8. The summed E-state index contributed by atoms with van der Waals surface area (Å²) in [4.78, 5) is 2.82. The van der Waals surface area contributed by atoms with Crippen molar-refractivity contribution in [2.24, 2.45) is 35.6 Å². The van der Waals surface area contributed by atoms with Gasteiger partial charge in [-0.2, -0.15) is 5.10 Å². The smallest absolute Gasteiger partial charge is 0.148 e. The Kier molecular flexibility index (Phi) is 4.37. The summed E-state index contributed by atoms with van der Waals surface area (Å²) in [5.74, 6) is 3.73. The molecule has 4 aliphatic carbocycles. The van der Waals surface area contributed by atoms with Gasteiger partial charge in [0.15, 0.2) is 0 Å². The van der Waals surface area contributed by atoms with Crippen molar-refractivity contribution in [2.75, 3.05) is 31.5 Å². The molecule has 3 heterocycles. The van der Waals surface area contributed by atoms with E-state index in [1.54, 1.807) is 0 Å². The normalized spacial score (nSPS) is 32.0. The lowest BCUT2D eigenvalue weighted by atomic mass is 9.45. The third kappa shape index (κ3) is 3.20. The summed E-state index contributed by atoms with van der Waals surface area (Å²) in [6, 6.07) is 4.10. The predicted molar refractivity (Wildman–Crippen MR) is 130 cm³/mol. The van der Waals surface area contributed by atoms with E-state index in [9.17, 15) is 0 Å². The molecule has 2 aromatic rings. The number of aryl methyl sites for hydroxylation is 2. The topological polar surface area (TPSA) is 58.9 Å². The second kappa shape index (κ2) is 7.14. The minimum atomic E-state index is 0.631. The summed E-state index contributed by atoms with van der Waals surface area (Å²) < 4.78 is 1.83. The number of likely N-dealkylation sites (tertiary alicyclic amines) is 1. The Bertz CT molecular complexity index is 1080. The zero-order valence-corrected chi connectivity index (χ0v) is 20.1. The molecular formula is C27H36N6. The predicted octanol–water partition coefficient (Wildman–Crippen LogP) is 4.45. The van der Waals surface area contributed by atoms with Crippen molar-refractivity contribution in [3.63, 3.8) is 0 Å². The second-order valence-corrected chi connectivity index (χ2v) is 12.0. The van der Waals surface area contributed by atoms with E-state index in [2.05, 4.69) is 37.7 Å². The van der Waals surface area contributed by atoms with Gasteiger partial charge in [-0.15, -0.1) is 10.2 Å². The number of hydrogen-bond donors (Lipinski definition) is 1. The summed E-state index contributed by atoms with van der Waals surface area (Å²) >= 11 is 0. The largest absolute Gasteiger partial charge is 0.368 e.